The van der Waals surface area contributed by atoms with Crippen molar-refractivity contribution in [2.45, 2.75) is 12.5 Å². The van der Waals surface area contributed by atoms with Crippen LogP contribution in [0.2, 0.25) is 0 Å². The minimum absolute atomic E-state index is 0.200. The maximum atomic E-state index is 13.4. The molecule has 0 bridgehead atoms. The van der Waals surface area contributed by atoms with Crippen molar-refractivity contribution in [3.63, 3.8) is 0 Å². The molecule has 0 spiro atoms. The Bertz CT molecular complexity index is 590. The van der Waals surface area contributed by atoms with E-state index in [1.165, 1.54) is 12.1 Å². The Morgan fingerprint density at radius 1 is 1.35 bits per heavy atom. The summed E-state index contributed by atoms with van der Waals surface area (Å²) in [4.78, 5) is 11.1. The second-order valence-electron chi connectivity index (χ2n) is 3.49. The number of β-lactam (4-membered cyclic amide) rings is 1. The molecule has 92 valence electrons. The highest BCUT2D eigenvalue weighted by Crippen LogP contribution is 2.39. The van der Waals surface area contributed by atoms with Crippen LogP contribution in [0.1, 0.15) is 18.0 Å². The smallest absolute Gasteiger partial charge is 0.274 e. The Labute approximate surface area is 100 Å². The van der Waals surface area contributed by atoms with Gasteiger partial charge in [-0.1, -0.05) is 12.1 Å². The van der Waals surface area contributed by atoms with Crippen LogP contribution in [0.15, 0.2) is 18.2 Å². The van der Waals surface area contributed by atoms with E-state index < -0.39 is 32.8 Å². The van der Waals surface area contributed by atoms with E-state index in [4.69, 9.17) is 10.7 Å². The summed E-state index contributed by atoms with van der Waals surface area (Å²) in [5.74, 6) is -3.02. The van der Waals surface area contributed by atoms with Crippen molar-refractivity contribution >= 4 is 25.8 Å². The topological polar surface area (TPSA) is 54.5 Å². The molecular formula is C9H6ClF2NO3S. The van der Waals surface area contributed by atoms with E-state index in [1.54, 1.807) is 0 Å². The Morgan fingerprint density at radius 2 is 2.00 bits per heavy atom. The number of carbonyl (C=O) groups excluding carboxylic acids is 1. The predicted octanol–water partition coefficient (Wildman–Crippen LogP) is 1.72. The van der Waals surface area contributed by atoms with Crippen LogP contribution in [0.5, 0.6) is 0 Å². The molecule has 0 radical (unpaired) electrons. The summed E-state index contributed by atoms with van der Waals surface area (Å²) in [6.07, 6.45) is -0.216. The van der Waals surface area contributed by atoms with Gasteiger partial charge in [-0.25, -0.2) is 13.1 Å². The van der Waals surface area contributed by atoms with Gasteiger partial charge in [0.2, 0.25) is 5.91 Å². The number of hydrogen-bond donors (Lipinski definition) is 0. The van der Waals surface area contributed by atoms with Crippen molar-refractivity contribution in [3.8, 4) is 0 Å². The molecule has 1 aromatic carbocycles. The number of hydrogen-bond acceptors (Lipinski definition) is 3. The van der Waals surface area contributed by atoms with Gasteiger partial charge in [0.25, 0.3) is 0 Å². The average Bonchev–Trinajstić information content (AvgIpc) is 2.16. The van der Waals surface area contributed by atoms with E-state index >= 15 is 0 Å². The summed E-state index contributed by atoms with van der Waals surface area (Å²) in [5, 5.41) is 0. The molecule has 1 fully saturated rings. The average molecular weight is 282 g/mol. The lowest BCUT2D eigenvalue weighted by Crippen LogP contribution is -2.48. The fraction of sp³-hybridized carbons (Fsp3) is 0.222. The minimum Gasteiger partial charge on any atom is -0.274 e. The highest BCUT2D eigenvalue weighted by Gasteiger charge is 2.45. The third-order valence-corrected chi connectivity index (χ3v) is 3.85. The number of nitrogens with zero attached hydrogens (tertiary/aromatic N) is 1. The van der Waals surface area contributed by atoms with Crippen LogP contribution < -0.4 is 0 Å². The van der Waals surface area contributed by atoms with Crippen LogP contribution in [0.4, 0.5) is 8.78 Å². The summed E-state index contributed by atoms with van der Waals surface area (Å²) in [7, 11) is 0.752. The first-order chi connectivity index (χ1) is 7.82. The molecule has 1 aliphatic heterocycles. The zero-order valence-electron chi connectivity index (χ0n) is 8.23. The summed E-state index contributed by atoms with van der Waals surface area (Å²) in [6, 6.07) is 2.28. The molecule has 1 aromatic rings. The number of carbonyl (C=O) groups is 1. The maximum Gasteiger partial charge on any atom is 0.324 e. The Hall–Kier alpha value is -1.21. The summed E-state index contributed by atoms with van der Waals surface area (Å²) >= 11 is 0. The molecule has 1 aliphatic rings. The molecule has 0 aromatic heterocycles. The third kappa shape index (κ3) is 2.00. The molecule has 1 amide bonds. The van der Waals surface area contributed by atoms with E-state index in [0.717, 1.165) is 6.07 Å². The normalized spacial score (nSPS) is 20.3. The lowest BCUT2D eigenvalue weighted by atomic mass is 9.96. The first kappa shape index (κ1) is 12.3. The minimum atomic E-state index is -4.28. The van der Waals surface area contributed by atoms with E-state index in [-0.39, 0.29) is 12.0 Å². The predicted molar refractivity (Wildman–Crippen MR) is 55.3 cm³/mol. The van der Waals surface area contributed by atoms with Gasteiger partial charge in [-0.3, -0.25) is 4.79 Å². The van der Waals surface area contributed by atoms with Crippen LogP contribution in [-0.2, 0) is 14.0 Å². The van der Waals surface area contributed by atoms with Crippen LogP contribution in [0.25, 0.3) is 0 Å². The molecule has 0 N–H and O–H groups in total. The van der Waals surface area contributed by atoms with Gasteiger partial charge in [-0.2, -0.15) is 8.42 Å². The van der Waals surface area contributed by atoms with Crippen molar-refractivity contribution in [1.82, 2.24) is 4.31 Å². The van der Waals surface area contributed by atoms with Crippen LogP contribution in [0, 0.1) is 11.6 Å². The number of amides is 1. The van der Waals surface area contributed by atoms with E-state index in [1.807, 2.05) is 0 Å². The second-order valence-corrected chi connectivity index (χ2v) is 5.88. The Balaban J connectivity index is 2.43. The van der Waals surface area contributed by atoms with Crippen molar-refractivity contribution < 1.29 is 22.0 Å². The fourth-order valence-corrected chi connectivity index (χ4v) is 3.02. The lowest BCUT2D eigenvalue weighted by molar-refractivity contribution is -0.137. The van der Waals surface area contributed by atoms with Crippen molar-refractivity contribution in [2.75, 3.05) is 0 Å². The molecule has 1 heterocycles. The van der Waals surface area contributed by atoms with Gasteiger partial charge in [0.15, 0.2) is 11.6 Å². The molecule has 8 heteroatoms. The largest absolute Gasteiger partial charge is 0.324 e. The summed E-state index contributed by atoms with van der Waals surface area (Å²) in [6.45, 7) is 0. The van der Waals surface area contributed by atoms with Crippen molar-refractivity contribution in [1.29, 1.82) is 0 Å². The zero-order valence-corrected chi connectivity index (χ0v) is 9.80. The van der Waals surface area contributed by atoms with Gasteiger partial charge >= 0.3 is 9.24 Å². The molecule has 1 saturated heterocycles. The summed E-state index contributed by atoms with van der Waals surface area (Å²) in [5.41, 5.74) is -0.200. The zero-order chi connectivity index (χ0) is 12.8. The van der Waals surface area contributed by atoms with Gasteiger partial charge in [-0.15, -0.1) is 0 Å². The van der Waals surface area contributed by atoms with E-state index in [2.05, 4.69) is 0 Å². The quantitative estimate of drug-likeness (QED) is 0.613. The molecule has 2 rings (SSSR count). The molecule has 4 nitrogen and oxygen atoms in total. The third-order valence-electron chi connectivity index (χ3n) is 2.47. The second kappa shape index (κ2) is 3.92. The summed E-state index contributed by atoms with van der Waals surface area (Å²) < 4.78 is 48.8. The number of halogens is 3. The van der Waals surface area contributed by atoms with E-state index in [0.29, 0.717) is 4.31 Å². The number of benzene rings is 1. The van der Waals surface area contributed by atoms with Crippen LogP contribution in [-0.4, -0.2) is 18.6 Å². The Kier molecular flexibility index (Phi) is 2.82. The van der Waals surface area contributed by atoms with Gasteiger partial charge in [-0.05, 0) is 6.07 Å². The molecule has 0 aliphatic carbocycles. The molecule has 17 heavy (non-hydrogen) atoms. The SMILES string of the molecule is O=C1CC(c2cccc(F)c2F)N1S(=O)(=O)Cl. The molecule has 1 unspecified atom stereocenters. The highest BCUT2D eigenvalue weighted by molar-refractivity contribution is 8.12. The van der Waals surface area contributed by atoms with Gasteiger partial charge in [0, 0.05) is 16.2 Å². The first-order valence-corrected chi connectivity index (χ1v) is 6.79. The number of rotatable bonds is 2. The van der Waals surface area contributed by atoms with Gasteiger partial charge in [0.1, 0.15) is 0 Å². The maximum absolute atomic E-state index is 13.4. The molecule has 1 atom stereocenters. The van der Waals surface area contributed by atoms with Crippen molar-refractivity contribution in [3.05, 3.63) is 35.4 Å². The molecule has 0 saturated carbocycles. The Morgan fingerprint density at radius 3 is 2.53 bits per heavy atom. The van der Waals surface area contributed by atoms with Gasteiger partial charge < -0.3 is 0 Å². The van der Waals surface area contributed by atoms with Gasteiger partial charge in [0.05, 0.1) is 12.5 Å². The first-order valence-electron chi connectivity index (χ1n) is 4.53. The lowest BCUT2D eigenvalue weighted by Gasteiger charge is -2.37. The standard InChI is InChI=1S/C9H6ClF2NO3S/c10-17(15,16)13-7(4-8(13)14)5-2-1-3-6(11)9(5)12/h1-3,7H,4H2. The fourth-order valence-electron chi connectivity index (χ4n) is 1.69. The molecular weight excluding hydrogens is 276 g/mol. The van der Waals surface area contributed by atoms with Crippen molar-refractivity contribution in [2.24, 2.45) is 0 Å². The highest BCUT2D eigenvalue weighted by atomic mass is 35.7. The monoisotopic (exact) mass is 281 g/mol. The van der Waals surface area contributed by atoms with Crippen LogP contribution >= 0.6 is 10.7 Å². The van der Waals surface area contributed by atoms with E-state index in [9.17, 15) is 22.0 Å². The van der Waals surface area contributed by atoms with Crippen LogP contribution in [0.3, 0.4) is 0 Å².